The van der Waals surface area contributed by atoms with E-state index in [4.69, 9.17) is 4.74 Å². The van der Waals surface area contributed by atoms with Crippen LogP contribution in [0.4, 0.5) is 10.2 Å². The topological polar surface area (TPSA) is 64.0 Å². The zero-order valence-electron chi connectivity index (χ0n) is 17.1. The summed E-state index contributed by atoms with van der Waals surface area (Å²) in [4.78, 5) is 6.32. The third-order valence-corrected chi connectivity index (χ3v) is 6.07. The van der Waals surface area contributed by atoms with Crippen molar-refractivity contribution >= 4 is 38.3 Å². The van der Waals surface area contributed by atoms with E-state index < -0.39 is 0 Å². The van der Waals surface area contributed by atoms with Crippen LogP contribution in [0.5, 0.6) is 0 Å². The standard InChI is InChI=1S/C22H25BrFN5O/c1-15(11-23)29-21(25-7-8-27-22(5-6-22)14-30-2)19(13-28-29)17-9-16-10-18(24)3-4-20(16)26-12-17/h3-4,9-13,25,27H,5-8,14H2,1-2H3. The minimum Gasteiger partial charge on any atom is -0.383 e. The van der Waals surface area contributed by atoms with Crippen LogP contribution in [0, 0.1) is 5.82 Å². The molecule has 1 aliphatic rings. The maximum absolute atomic E-state index is 13.7. The number of fused-ring (bicyclic) bond motifs is 1. The Balaban J connectivity index is 1.58. The van der Waals surface area contributed by atoms with Crippen LogP contribution >= 0.6 is 15.9 Å². The third-order valence-electron chi connectivity index (χ3n) is 5.41. The van der Waals surface area contributed by atoms with Crippen LogP contribution in [0.15, 0.2) is 41.6 Å². The lowest BCUT2D eigenvalue weighted by molar-refractivity contribution is 0.158. The molecule has 2 heterocycles. The first-order valence-electron chi connectivity index (χ1n) is 9.94. The molecule has 1 aromatic carbocycles. The van der Waals surface area contributed by atoms with Gasteiger partial charge >= 0.3 is 0 Å². The first kappa shape index (κ1) is 21.0. The molecule has 0 saturated heterocycles. The number of benzene rings is 1. The number of nitrogens with zero attached hydrogens (tertiary/aromatic N) is 3. The highest BCUT2D eigenvalue weighted by atomic mass is 79.9. The van der Waals surface area contributed by atoms with Crippen molar-refractivity contribution in [3.05, 3.63) is 47.5 Å². The highest BCUT2D eigenvalue weighted by Gasteiger charge is 2.41. The smallest absolute Gasteiger partial charge is 0.137 e. The van der Waals surface area contributed by atoms with Crippen LogP contribution in [0.3, 0.4) is 0 Å². The van der Waals surface area contributed by atoms with E-state index in [-0.39, 0.29) is 11.4 Å². The summed E-state index contributed by atoms with van der Waals surface area (Å²) in [5.74, 6) is 0.601. The van der Waals surface area contributed by atoms with Crippen molar-refractivity contribution in [3.8, 4) is 11.1 Å². The Morgan fingerprint density at radius 3 is 2.87 bits per heavy atom. The number of anilines is 1. The minimum atomic E-state index is -0.273. The lowest BCUT2D eigenvalue weighted by atomic mass is 10.1. The van der Waals surface area contributed by atoms with E-state index in [1.807, 2.05) is 28.9 Å². The average molecular weight is 474 g/mol. The molecule has 1 fully saturated rings. The van der Waals surface area contributed by atoms with Crippen molar-refractivity contribution in [2.24, 2.45) is 0 Å². The van der Waals surface area contributed by atoms with Gasteiger partial charge in [-0.25, -0.2) is 9.07 Å². The molecule has 0 bridgehead atoms. The van der Waals surface area contributed by atoms with E-state index in [1.165, 1.54) is 12.1 Å². The molecule has 0 amide bonds. The predicted molar refractivity (Wildman–Crippen MR) is 122 cm³/mol. The van der Waals surface area contributed by atoms with Gasteiger partial charge in [-0.05, 0) is 44.0 Å². The van der Waals surface area contributed by atoms with Gasteiger partial charge in [0.05, 0.1) is 18.3 Å². The van der Waals surface area contributed by atoms with Crippen molar-refractivity contribution in [2.45, 2.75) is 25.3 Å². The molecule has 0 unspecified atom stereocenters. The number of pyridine rings is 1. The van der Waals surface area contributed by atoms with Crippen LogP contribution in [0.25, 0.3) is 27.7 Å². The molecule has 1 saturated carbocycles. The van der Waals surface area contributed by atoms with E-state index in [2.05, 4.69) is 36.6 Å². The lowest BCUT2D eigenvalue weighted by Gasteiger charge is -2.17. The fourth-order valence-corrected chi connectivity index (χ4v) is 3.80. The normalized spacial score (nSPS) is 15.5. The molecule has 6 nitrogen and oxygen atoms in total. The second kappa shape index (κ2) is 8.83. The van der Waals surface area contributed by atoms with Gasteiger partial charge in [0.2, 0.25) is 0 Å². The van der Waals surface area contributed by atoms with Crippen molar-refractivity contribution in [2.75, 3.05) is 32.1 Å². The molecule has 8 heteroatoms. The Morgan fingerprint density at radius 2 is 2.13 bits per heavy atom. The highest BCUT2D eigenvalue weighted by Crippen LogP contribution is 2.35. The van der Waals surface area contributed by atoms with Crippen LogP contribution in [-0.4, -0.2) is 47.1 Å². The van der Waals surface area contributed by atoms with Crippen LogP contribution in [0.2, 0.25) is 0 Å². The van der Waals surface area contributed by atoms with Gasteiger partial charge in [-0.1, -0.05) is 15.9 Å². The molecule has 4 rings (SSSR count). The number of nitrogens with one attached hydrogen (secondary N) is 2. The van der Waals surface area contributed by atoms with Crippen LogP contribution in [0.1, 0.15) is 19.8 Å². The fourth-order valence-electron chi connectivity index (χ4n) is 3.60. The Kier molecular flexibility index (Phi) is 6.17. The number of methoxy groups -OCH3 is 1. The number of rotatable bonds is 9. The van der Waals surface area contributed by atoms with Gasteiger partial charge < -0.3 is 15.4 Å². The molecule has 158 valence electrons. The van der Waals surface area contributed by atoms with E-state index in [0.29, 0.717) is 0 Å². The summed E-state index contributed by atoms with van der Waals surface area (Å²) in [6, 6.07) is 6.56. The summed E-state index contributed by atoms with van der Waals surface area (Å²) >= 11 is 3.39. The van der Waals surface area contributed by atoms with Gasteiger partial charge in [-0.3, -0.25) is 4.98 Å². The monoisotopic (exact) mass is 473 g/mol. The number of halogens is 2. The van der Waals surface area contributed by atoms with E-state index in [0.717, 1.165) is 66.1 Å². The van der Waals surface area contributed by atoms with Crippen molar-refractivity contribution in [1.82, 2.24) is 20.1 Å². The van der Waals surface area contributed by atoms with Crippen LogP contribution < -0.4 is 10.6 Å². The minimum absolute atomic E-state index is 0.136. The zero-order valence-corrected chi connectivity index (χ0v) is 18.7. The molecular weight excluding hydrogens is 449 g/mol. The van der Waals surface area contributed by atoms with Gasteiger partial charge in [0.25, 0.3) is 0 Å². The summed E-state index contributed by atoms with van der Waals surface area (Å²) in [5, 5.41) is 12.4. The summed E-state index contributed by atoms with van der Waals surface area (Å²) in [5.41, 5.74) is 3.64. The number of allylic oxidation sites excluding steroid dienone is 1. The van der Waals surface area contributed by atoms with Gasteiger partial charge in [0.15, 0.2) is 0 Å². The Morgan fingerprint density at radius 1 is 1.30 bits per heavy atom. The van der Waals surface area contributed by atoms with Gasteiger partial charge in [-0.2, -0.15) is 5.10 Å². The summed E-state index contributed by atoms with van der Waals surface area (Å²) in [6.07, 6.45) is 5.91. The average Bonchev–Trinajstić information content (AvgIpc) is 3.38. The molecule has 0 spiro atoms. The van der Waals surface area contributed by atoms with Crippen LogP contribution in [-0.2, 0) is 4.74 Å². The zero-order chi connectivity index (χ0) is 21.1. The molecule has 30 heavy (non-hydrogen) atoms. The number of hydrogen-bond donors (Lipinski definition) is 2. The van der Waals surface area contributed by atoms with Crippen molar-refractivity contribution in [1.29, 1.82) is 0 Å². The Bertz CT molecular complexity index is 1080. The second-order valence-corrected chi connectivity index (χ2v) is 8.15. The number of ether oxygens (including phenoxy) is 1. The molecule has 1 aliphatic carbocycles. The van der Waals surface area contributed by atoms with E-state index in [1.54, 1.807) is 19.4 Å². The Labute approximate surface area is 183 Å². The molecule has 2 aromatic heterocycles. The van der Waals surface area contributed by atoms with E-state index in [9.17, 15) is 4.39 Å². The largest absolute Gasteiger partial charge is 0.383 e. The van der Waals surface area contributed by atoms with Gasteiger partial charge in [0, 0.05) is 59.1 Å². The first-order valence-corrected chi connectivity index (χ1v) is 10.9. The predicted octanol–water partition coefficient (Wildman–Crippen LogP) is 4.63. The Hall–Kier alpha value is -2.29. The molecule has 0 radical (unpaired) electrons. The third kappa shape index (κ3) is 4.40. The van der Waals surface area contributed by atoms with Gasteiger partial charge in [0.1, 0.15) is 11.6 Å². The molecule has 2 N–H and O–H groups in total. The van der Waals surface area contributed by atoms with Crippen molar-refractivity contribution < 1.29 is 9.13 Å². The number of aromatic nitrogens is 3. The summed E-state index contributed by atoms with van der Waals surface area (Å²) < 4.78 is 20.8. The molecule has 0 atom stereocenters. The maximum Gasteiger partial charge on any atom is 0.137 e. The fraction of sp³-hybridized carbons (Fsp3) is 0.364. The summed E-state index contributed by atoms with van der Waals surface area (Å²) in [7, 11) is 1.74. The second-order valence-electron chi connectivity index (χ2n) is 7.70. The van der Waals surface area contributed by atoms with Gasteiger partial charge in [-0.15, -0.1) is 0 Å². The van der Waals surface area contributed by atoms with Crippen molar-refractivity contribution in [3.63, 3.8) is 0 Å². The lowest BCUT2D eigenvalue weighted by Crippen LogP contribution is -2.38. The quantitative estimate of drug-likeness (QED) is 0.443. The number of hydrogen-bond acceptors (Lipinski definition) is 5. The molecular formula is C22H25BrFN5O. The molecule has 3 aromatic rings. The SMILES string of the molecule is COCC1(NCCNc2c(-c3cnc4ccc(F)cc4c3)cnn2C(C)=CBr)CC1. The molecule has 0 aliphatic heterocycles. The highest BCUT2D eigenvalue weighted by molar-refractivity contribution is 9.11. The first-order chi connectivity index (χ1) is 14.5. The van der Waals surface area contributed by atoms with E-state index >= 15 is 0 Å². The maximum atomic E-state index is 13.7. The summed E-state index contributed by atoms with van der Waals surface area (Å²) in [6.45, 7) is 4.25.